The number of esters is 1. The van der Waals surface area contributed by atoms with E-state index < -0.39 is 22.9 Å². The molecule has 1 fully saturated rings. The second-order valence-corrected chi connectivity index (χ2v) is 9.19. The molecule has 11 heteroatoms. The van der Waals surface area contributed by atoms with E-state index in [1.807, 2.05) is 22.6 Å². The summed E-state index contributed by atoms with van der Waals surface area (Å²) in [4.78, 5) is 38.0. The zero-order valence-corrected chi connectivity index (χ0v) is 21.3. The fraction of sp³-hybridized carbons (Fsp3) is 0.227. The van der Waals surface area contributed by atoms with Crippen molar-refractivity contribution in [3.8, 4) is 11.5 Å². The Morgan fingerprint density at radius 3 is 2.67 bits per heavy atom. The van der Waals surface area contributed by atoms with Crippen molar-refractivity contribution in [3.05, 3.63) is 60.8 Å². The van der Waals surface area contributed by atoms with Crippen LogP contribution in [0.3, 0.4) is 0 Å². The van der Waals surface area contributed by atoms with Gasteiger partial charge < -0.3 is 14.2 Å². The van der Waals surface area contributed by atoms with Crippen LogP contribution in [0.25, 0.3) is 6.08 Å². The number of benzene rings is 2. The van der Waals surface area contributed by atoms with Gasteiger partial charge >= 0.3 is 5.97 Å². The van der Waals surface area contributed by atoms with E-state index in [0.717, 1.165) is 22.7 Å². The monoisotopic (exact) mass is 605 g/mol. The SMILES string of the molecule is CCOc1cc(/C=C2\SC(=O)N(Cc3ccc(F)cc3Cl)C2=O)cc(I)c1OCC(=O)OC. The van der Waals surface area contributed by atoms with E-state index in [9.17, 15) is 18.8 Å². The number of imide groups is 1. The van der Waals surface area contributed by atoms with Crippen LogP contribution in [-0.2, 0) is 20.9 Å². The molecular formula is C22H18ClFINO6S. The highest BCUT2D eigenvalue weighted by molar-refractivity contribution is 14.1. The Hall–Kier alpha value is -2.31. The Bertz CT molecular complexity index is 1140. The molecule has 7 nitrogen and oxygen atoms in total. The molecule has 0 aromatic heterocycles. The molecule has 33 heavy (non-hydrogen) atoms. The van der Waals surface area contributed by atoms with E-state index in [0.29, 0.717) is 32.8 Å². The number of hydrogen-bond acceptors (Lipinski definition) is 7. The van der Waals surface area contributed by atoms with Crippen LogP contribution in [0.2, 0.25) is 5.02 Å². The van der Waals surface area contributed by atoms with Gasteiger partial charge in [-0.2, -0.15) is 0 Å². The average molecular weight is 606 g/mol. The van der Waals surface area contributed by atoms with E-state index in [2.05, 4.69) is 4.74 Å². The molecule has 2 aromatic carbocycles. The fourth-order valence-corrected chi connectivity index (χ4v) is 4.72. The van der Waals surface area contributed by atoms with Crippen molar-refractivity contribution < 1.29 is 33.0 Å². The van der Waals surface area contributed by atoms with Gasteiger partial charge in [-0.1, -0.05) is 17.7 Å². The number of nitrogens with zero attached hydrogens (tertiary/aromatic N) is 1. The first-order valence-corrected chi connectivity index (χ1v) is 11.9. The molecule has 1 heterocycles. The lowest BCUT2D eigenvalue weighted by molar-refractivity contribution is -0.143. The molecule has 0 bridgehead atoms. The topological polar surface area (TPSA) is 82.1 Å². The molecule has 1 saturated heterocycles. The lowest BCUT2D eigenvalue weighted by Crippen LogP contribution is -2.27. The van der Waals surface area contributed by atoms with Crippen LogP contribution in [0.1, 0.15) is 18.1 Å². The highest BCUT2D eigenvalue weighted by atomic mass is 127. The number of ether oxygens (including phenoxy) is 3. The first-order valence-electron chi connectivity index (χ1n) is 9.58. The summed E-state index contributed by atoms with van der Waals surface area (Å²) in [6.45, 7) is 1.80. The van der Waals surface area contributed by atoms with Crippen LogP contribution in [0.5, 0.6) is 11.5 Å². The second-order valence-electron chi connectivity index (χ2n) is 6.63. The van der Waals surface area contributed by atoms with Gasteiger partial charge in [0.05, 0.1) is 28.7 Å². The minimum absolute atomic E-state index is 0.0663. The molecule has 2 amide bonds. The zero-order valence-electron chi connectivity index (χ0n) is 17.5. The highest BCUT2D eigenvalue weighted by Gasteiger charge is 2.35. The van der Waals surface area contributed by atoms with Crippen molar-refractivity contribution in [1.82, 2.24) is 4.90 Å². The Labute approximate surface area is 212 Å². The van der Waals surface area contributed by atoms with Crippen molar-refractivity contribution >= 4 is 69.1 Å². The van der Waals surface area contributed by atoms with E-state index in [1.54, 1.807) is 25.1 Å². The molecule has 0 N–H and O–H groups in total. The summed E-state index contributed by atoms with van der Waals surface area (Å²) < 4.78 is 29.7. The maximum Gasteiger partial charge on any atom is 0.343 e. The first kappa shape index (κ1) is 25.3. The normalized spacial score (nSPS) is 14.7. The van der Waals surface area contributed by atoms with Crippen molar-refractivity contribution in [2.75, 3.05) is 20.3 Å². The van der Waals surface area contributed by atoms with E-state index in [4.69, 9.17) is 21.1 Å². The Balaban J connectivity index is 1.85. The van der Waals surface area contributed by atoms with Gasteiger partial charge in [0.25, 0.3) is 11.1 Å². The van der Waals surface area contributed by atoms with Gasteiger partial charge in [0.2, 0.25) is 0 Å². The largest absolute Gasteiger partial charge is 0.490 e. The Kier molecular flexibility index (Phi) is 8.60. The zero-order chi connectivity index (χ0) is 24.1. The maximum atomic E-state index is 13.3. The van der Waals surface area contributed by atoms with Gasteiger partial charge in [-0.25, -0.2) is 9.18 Å². The molecule has 0 atom stereocenters. The second kappa shape index (κ2) is 11.2. The standard InChI is InChI=1S/C22H18ClFINO6S/c1-3-31-17-7-12(6-16(25)20(17)32-11-19(27)30-2)8-18-21(28)26(22(29)33-18)10-13-4-5-14(24)9-15(13)23/h4-9H,3,10-11H2,1-2H3/b18-8-. The number of thioether (sulfide) groups is 1. The molecule has 0 saturated carbocycles. The third-order valence-electron chi connectivity index (χ3n) is 4.41. The quantitative estimate of drug-likeness (QED) is 0.230. The van der Waals surface area contributed by atoms with Crippen molar-refractivity contribution in [1.29, 1.82) is 0 Å². The summed E-state index contributed by atoms with van der Waals surface area (Å²) in [5.41, 5.74) is 1.07. The van der Waals surface area contributed by atoms with Gasteiger partial charge in [-0.3, -0.25) is 14.5 Å². The Morgan fingerprint density at radius 2 is 2.00 bits per heavy atom. The number of carbonyl (C=O) groups excluding carboxylic acids is 3. The lowest BCUT2D eigenvalue weighted by atomic mass is 10.1. The molecule has 0 unspecified atom stereocenters. The molecule has 0 spiro atoms. The lowest BCUT2D eigenvalue weighted by Gasteiger charge is -2.14. The Morgan fingerprint density at radius 1 is 1.24 bits per heavy atom. The summed E-state index contributed by atoms with van der Waals surface area (Å²) in [5.74, 6) is -0.760. The van der Waals surface area contributed by atoms with Gasteiger partial charge in [-0.15, -0.1) is 0 Å². The van der Waals surface area contributed by atoms with Crippen LogP contribution in [0.4, 0.5) is 9.18 Å². The third kappa shape index (κ3) is 6.18. The first-order chi connectivity index (χ1) is 15.7. The third-order valence-corrected chi connectivity index (χ3v) is 6.47. The van der Waals surface area contributed by atoms with Gasteiger partial charge in [0, 0.05) is 5.02 Å². The van der Waals surface area contributed by atoms with Crippen LogP contribution in [0.15, 0.2) is 35.2 Å². The number of hydrogen-bond donors (Lipinski definition) is 0. The van der Waals surface area contributed by atoms with Crippen LogP contribution >= 0.6 is 46.0 Å². The van der Waals surface area contributed by atoms with Gasteiger partial charge in [0.1, 0.15) is 5.82 Å². The summed E-state index contributed by atoms with van der Waals surface area (Å²) in [6, 6.07) is 7.18. The van der Waals surface area contributed by atoms with Crippen molar-refractivity contribution in [3.63, 3.8) is 0 Å². The molecule has 0 radical (unpaired) electrons. The minimum Gasteiger partial charge on any atom is -0.490 e. The summed E-state index contributed by atoms with van der Waals surface area (Å²) >= 11 is 8.86. The number of halogens is 3. The van der Waals surface area contributed by atoms with Crippen molar-refractivity contribution in [2.45, 2.75) is 13.5 Å². The van der Waals surface area contributed by atoms with Gasteiger partial charge in [-0.05, 0) is 82.7 Å². The van der Waals surface area contributed by atoms with Crippen LogP contribution in [0, 0.1) is 9.39 Å². The van der Waals surface area contributed by atoms with E-state index >= 15 is 0 Å². The fourth-order valence-electron chi connectivity index (χ4n) is 2.87. The average Bonchev–Trinajstić information content (AvgIpc) is 3.02. The summed E-state index contributed by atoms with van der Waals surface area (Å²) in [5, 5.41) is -0.319. The number of amides is 2. The summed E-state index contributed by atoms with van der Waals surface area (Å²) in [6.07, 6.45) is 1.58. The molecule has 0 aliphatic carbocycles. The van der Waals surface area contributed by atoms with Crippen molar-refractivity contribution in [2.24, 2.45) is 0 Å². The highest BCUT2D eigenvalue weighted by Crippen LogP contribution is 2.38. The number of methoxy groups -OCH3 is 1. The predicted octanol–water partition coefficient (Wildman–Crippen LogP) is 5.27. The minimum atomic E-state index is -0.535. The van der Waals surface area contributed by atoms with E-state index in [1.165, 1.54) is 19.2 Å². The van der Waals surface area contributed by atoms with Crippen LogP contribution in [-0.4, -0.2) is 42.3 Å². The number of rotatable bonds is 8. The maximum absolute atomic E-state index is 13.3. The predicted molar refractivity (Wildman–Crippen MR) is 131 cm³/mol. The van der Waals surface area contributed by atoms with Gasteiger partial charge in [0.15, 0.2) is 18.1 Å². The number of carbonyl (C=O) groups is 3. The smallest absolute Gasteiger partial charge is 0.343 e. The summed E-state index contributed by atoms with van der Waals surface area (Å²) in [7, 11) is 1.26. The molecule has 2 aromatic rings. The molecule has 1 aliphatic heterocycles. The van der Waals surface area contributed by atoms with E-state index in [-0.39, 0.29) is 23.1 Å². The molecular weight excluding hydrogens is 588 g/mol. The molecule has 174 valence electrons. The molecule has 3 rings (SSSR count). The van der Waals surface area contributed by atoms with Crippen LogP contribution < -0.4 is 9.47 Å². The molecule has 1 aliphatic rings.